The van der Waals surface area contributed by atoms with Gasteiger partial charge in [-0.2, -0.15) is 17.0 Å². The Hall–Kier alpha value is -0.210. The second-order valence-corrected chi connectivity index (χ2v) is 6.43. The van der Waals surface area contributed by atoms with Crippen molar-refractivity contribution in [2.24, 2.45) is 0 Å². The topological polar surface area (TPSA) is 70.1 Å². The summed E-state index contributed by atoms with van der Waals surface area (Å²) < 4.78 is 32.9. The van der Waals surface area contributed by atoms with Crippen LogP contribution in [0.25, 0.3) is 0 Å². The third-order valence-electron chi connectivity index (χ3n) is 3.27. The standard InChI is InChI=1S/C10H20N2O4S/c13-9-10-8-12(6-7-16-10)17(14,15)11-4-2-1-3-5-11/h10,13H,1-9H2. The van der Waals surface area contributed by atoms with Crippen molar-refractivity contribution in [3.63, 3.8) is 0 Å². The fourth-order valence-electron chi connectivity index (χ4n) is 2.27. The zero-order chi connectivity index (χ0) is 12.3. The van der Waals surface area contributed by atoms with Crippen LogP contribution in [-0.4, -0.2) is 67.6 Å². The molecule has 2 aliphatic heterocycles. The van der Waals surface area contributed by atoms with Crippen LogP contribution in [0.2, 0.25) is 0 Å². The molecule has 1 N–H and O–H groups in total. The highest BCUT2D eigenvalue weighted by atomic mass is 32.2. The Labute approximate surface area is 102 Å². The number of aliphatic hydroxyl groups excluding tert-OH is 1. The van der Waals surface area contributed by atoms with Crippen molar-refractivity contribution in [1.29, 1.82) is 0 Å². The van der Waals surface area contributed by atoms with E-state index in [9.17, 15) is 8.42 Å². The molecule has 7 heteroatoms. The van der Waals surface area contributed by atoms with E-state index in [0.717, 1.165) is 19.3 Å². The van der Waals surface area contributed by atoms with Gasteiger partial charge in [-0.25, -0.2) is 0 Å². The second-order valence-electron chi connectivity index (χ2n) is 4.50. The number of hydrogen-bond donors (Lipinski definition) is 1. The minimum Gasteiger partial charge on any atom is -0.394 e. The van der Waals surface area contributed by atoms with Crippen LogP contribution in [0.5, 0.6) is 0 Å². The summed E-state index contributed by atoms with van der Waals surface area (Å²) in [5, 5.41) is 9.02. The highest BCUT2D eigenvalue weighted by Gasteiger charge is 2.34. The van der Waals surface area contributed by atoms with Gasteiger partial charge in [0, 0.05) is 26.2 Å². The van der Waals surface area contributed by atoms with Gasteiger partial charge in [-0.1, -0.05) is 6.42 Å². The Morgan fingerprint density at radius 3 is 2.47 bits per heavy atom. The van der Waals surface area contributed by atoms with Gasteiger partial charge in [0.2, 0.25) is 0 Å². The van der Waals surface area contributed by atoms with Gasteiger partial charge in [0.15, 0.2) is 0 Å². The van der Waals surface area contributed by atoms with E-state index < -0.39 is 10.2 Å². The van der Waals surface area contributed by atoms with E-state index in [1.165, 1.54) is 4.31 Å². The monoisotopic (exact) mass is 264 g/mol. The van der Waals surface area contributed by atoms with Crippen LogP contribution < -0.4 is 0 Å². The highest BCUT2D eigenvalue weighted by Crippen LogP contribution is 2.18. The molecule has 17 heavy (non-hydrogen) atoms. The summed E-state index contributed by atoms with van der Waals surface area (Å²) in [7, 11) is -3.35. The summed E-state index contributed by atoms with van der Waals surface area (Å²) in [5.74, 6) is 0. The van der Waals surface area contributed by atoms with Gasteiger partial charge in [0.1, 0.15) is 0 Å². The molecule has 0 aromatic carbocycles. The molecule has 0 amide bonds. The first-order valence-corrected chi connectivity index (χ1v) is 7.52. The molecule has 0 aromatic heterocycles. The van der Waals surface area contributed by atoms with E-state index in [4.69, 9.17) is 9.84 Å². The largest absolute Gasteiger partial charge is 0.394 e. The van der Waals surface area contributed by atoms with Gasteiger partial charge >= 0.3 is 0 Å². The molecule has 0 radical (unpaired) electrons. The first kappa shape index (κ1) is 13.2. The quantitative estimate of drug-likeness (QED) is 0.740. The Morgan fingerprint density at radius 1 is 1.12 bits per heavy atom. The molecule has 100 valence electrons. The molecule has 0 spiro atoms. The van der Waals surface area contributed by atoms with Crippen LogP contribution in [-0.2, 0) is 14.9 Å². The van der Waals surface area contributed by atoms with Crippen LogP contribution in [0.4, 0.5) is 0 Å². The molecule has 2 heterocycles. The van der Waals surface area contributed by atoms with Crippen LogP contribution in [0.15, 0.2) is 0 Å². The van der Waals surface area contributed by atoms with Gasteiger partial charge in [-0.3, -0.25) is 0 Å². The summed E-state index contributed by atoms with van der Waals surface area (Å²) >= 11 is 0. The lowest BCUT2D eigenvalue weighted by Crippen LogP contribution is -2.53. The molecule has 2 rings (SSSR count). The molecule has 0 aromatic rings. The molecule has 0 saturated carbocycles. The summed E-state index contributed by atoms with van der Waals surface area (Å²) in [6.07, 6.45) is 2.59. The Balaban J connectivity index is 2.03. The molecular formula is C10H20N2O4S. The predicted molar refractivity (Wildman–Crippen MR) is 62.7 cm³/mol. The van der Waals surface area contributed by atoms with Crippen molar-refractivity contribution < 1.29 is 18.3 Å². The molecule has 0 bridgehead atoms. The maximum absolute atomic E-state index is 12.3. The summed E-state index contributed by atoms with van der Waals surface area (Å²) in [4.78, 5) is 0. The summed E-state index contributed by atoms with van der Waals surface area (Å²) in [6, 6.07) is 0. The number of morpholine rings is 1. The average Bonchev–Trinajstić information content (AvgIpc) is 2.40. The minimum absolute atomic E-state index is 0.133. The lowest BCUT2D eigenvalue weighted by atomic mass is 10.2. The first-order valence-electron chi connectivity index (χ1n) is 6.12. The number of piperidine rings is 1. The Morgan fingerprint density at radius 2 is 1.82 bits per heavy atom. The van der Waals surface area contributed by atoms with Gasteiger partial charge in [0.05, 0.1) is 19.3 Å². The molecule has 2 aliphatic rings. The van der Waals surface area contributed by atoms with Crippen LogP contribution >= 0.6 is 0 Å². The zero-order valence-electron chi connectivity index (χ0n) is 9.92. The third-order valence-corrected chi connectivity index (χ3v) is 5.27. The van der Waals surface area contributed by atoms with Gasteiger partial charge in [0.25, 0.3) is 10.2 Å². The Kier molecular flexibility index (Phi) is 4.37. The van der Waals surface area contributed by atoms with Crippen molar-refractivity contribution >= 4 is 10.2 Å². The van der Waals surface area contributed by atoms with Gasteiger partial charge in [-0.15, -0.1) is 0 Å². The van der Waals surface area contributed by atoms with Crippen molar-refractivity contribution in [2.45, 2.75) is 25.4 Å². The number of ether oxygens (including phenoxy) is 1. The number of aliphatic hydroxyl groups is 1. The fraction of sp³-hybridized carbons (Fsp3) is 1.00. The number of rotatable bonds is 3. The molecule has 2 fully saturated rings. The van der Waals surface area contributed by atoms with Crippen molar-refractivity contribution in [2.75, 3.05) is 39.4 Å². The third kappa shape index (κ3) is 2.97. The summed E-state index contributed by atoms with van der Waals surface area (Å²) in [5.41, 5.74) is 0. The maximum atomic E-state index is 12.3. The van der Waals surface area contributed by atoms with Gasteiger partial charge < -0.3 is 9.84 Å². The predicted octanol–water partition coefficient (Wildman–Crippen LogP) is -0.590. The molecule has 0 aliphatic carbocycles. The van der Waals surface area contributed by atoms with Crippen molar-refractivity contribution in [1.82, 2.24) is 8.61 Å². The number of hydrogen-bond acceptors (Lipinski definition) is 4. The van der Waals surface area contributed by atoms with E-state index >= 15 is 0 Å². The molecule has 2 saturated heterocycles. The summed E-state index contributed by atoms with van der Waals surface area (Å²) in [6.45, 7) is 2.10. The zero-order valence-corrected chi connectivity index (χ0v) is 10.7. The fourth-order valence-corrected chi connectivity index (χ4v) is 3.98. The SMILES string of the molecule is O=S(=O)(N1CCCCC1)N1CCOC(CO)C1. The van der Waals surface area contributed by atoms with E-state index in [1.807, 2.05) is 0 Å². The molecular weight excluding hydrogens is 244 g/mol. The molecule has 6 nitrogen and oxygen atoms in total. The van der Waals surface area contributed by atoms with Crippen LogP contribution in [0.1, 0.15) is 19.3 Å². The Bertz CT molecular complexity index is 340. The normalized spacial score (nSPS) is 29.4. The van der Waals surface area contributed by atoms with Gasteiger partial charge in [-0.05, 0) is 12.8 Å². The van der Waals surface area contributed by atoms with Crippen LogP contribution in [0.3, 0.4) is 0 Å². The first-order chi connectivity index (χ1) is 8.14. The lowest BCUT2D eigenvalue weighted by Gasteiger charge is -2.36. The second kappa shape index (κ2) is 5.62. The molecule has 1 atom stereocenters. The molecule has 1 unspecified atom stereocenters. The maximum Gasteiger partial charge on any atom is 0.282 e. The number of nitrogens with zero attached hydrogens (tertiary/aromatic N) is 2. The highest BCUT2D eigenvalue weighted by molar-refractivity contribution is 7.86. The van der Waals surface area contributed by atoms with E-state index in [1.54, 1.807) is 4.31 Å². The lowest BCUT2D eigenvalue weighted by molar-refractivity contribution is -0.0318. The minimum atomic E-state index is -3.35. The van der Waals surface area contributed by atoms with Crippen LogP contribution in [0, 0.1) is 0 Å². The van der Waals surface area contributed by atoms with E-state index in [0.29, 0.717) is 26.2 Å². The van der Waals surface area contributed by atoms with Crippen molar-refractivity contribution in [3.05, 3.63) is 0 Å². The van der Waals surface area contributed by atoms with Crippen molar-refractivity contribution in [3.8, 4) is 0 Å². The van der Waals surface area contributed by atoms with E-state index in [2.05, 4.69) is 0 Å². The smallest absolute Gasteiger partial charge is 0.282 e. The van der Waals surface area contributed by atoms with E-state index in [-0.39, 0.29) is 19.3 Å². The average molecular weight is 264 g/mol.